The van der Waals surface area contributed by atoms with E-state index < -0.39 is 9.84 Å². The van der Waals surface area contributed by atoms with E-state index in [4.69, 9.17) is 9.47 Å². The van der Waals surface area contributed by atoms with Gasteiger partial charge in [-0.1, -0.05) is 26.7 Å². The summed E-state index contributed by atoms with van der Waals surface area (Å²) >= 11 is 0. The molecule has 0 aromatic carbocycles. The van der Waals surface area contributed by atoms with Gasteiger partial charge in [-0.25, -0.2) is 8.42 Å². The third-order valence-corrected chi connectivity index (χ3v) is 3.33. The maximum absolute atomic E-state index is 11.6. The molecule has 0 N–H and O–H groups in total. The molecule has 0 unspecified atom stereocenters. The average molecular weight is 302 g/mol. The van der Waals surface area contributed by atoms with Crippen molar-refractivity contribution in [3.8, 4) is 11.8 Å². The average Bonchev–Trinajstić information content (AvgIpc) is 2.38. The Morgan fingerprint density at radius 1 is 1.00 bits per heavy atom. The van der Waals surface area contributed by atoms with Gasteiger partial charge in [-0.2, -0.15) is 9.97 Å². The van der Waals surface area contributed by atoms with Crippen molar-refractivity contribution in [3.63, 3.8) is 0 Å². The van der Waals surface area contributed by atoms with Crippen LogP contribution in [0.5, 0.6) is 11.8 Å². The first-order chi connectivity index (χ1) is 9.47. The highest BCUT2D eigenvalue weighted by atomic mass is 32.2. The quantitative estimate of drug-likeness (QED) is 0.514. The molecule has 0 spiro atoms. The monoisotopic (exact) mass is 302 g/mol. The standard InChI is InChI=1S/C13H22N2O4S/c1-4-6-8-18-11-10-12(19-9-7-5-2)15-13(14-11)20(3,16)17/h10H,4-9H2,1-3H3. The number of rotatable bonds is 9. The number of nitrogens with zero attached hydrogens (tertiary/aromatic N) is 2. The second-order valence-electron chi connectivity index (χ2n) is 4.50. The number of unbranched alkanes of at least 4 members (excludes halogenated alkanes) is 2. The Bertz CT molecular complexity index is 489. The summed E-state index contributed by atoms with van der Waals surface area (Å²) in [6, 6.07) is 1.53. The van der Waals surface area contributed by atoms with Crippen LogP contribution in [0.15, 0.2) is 11.2 Å². The van der Waals surface area contributed by atoms with Crippen LogP contribution in [0.1, 0.15) is 39.5 Å². The minimum Gasteiger partial charge on any atom is -0.477 e. The van der Waals surface area contributed by atoms with E-state index in [1.54, 1.807) is 0 Å². The van der Waals surface area contributed by atoms with Crippen molar-refractivity contribution >= 4 is 9.84 Å². The summed E-state index contributed by atoms with van der Waals surface area (Å²) in [6.45, 7) is 5.07. The first-order valence-corrected chi connectivity index (χ1v) is 8.71. The van der Waals surface area contributed by atoms with Crippen LogP contribution in [-0.4, -0.2) is 37.9 Å². The van der Waals surface area contributed by atoms with Gasteiger partial charge in [0.2, 0.25) is 21.6 Å². The summed E-state index contributed by atoms with van der Waals surface area (Å²) in [5, 5.41) is -0.266. The molecule has 0 fully saturated rings. The Morgan fingerprint density at radius 3 is 1.80 bits per heavy atom. The van der Waals surface area contributed by atoms with Crippen LogP contribution < -0.4 is 9.47 Å². The summed E-state index contributed by atoms with van der Waals surface area (Å²) in [6.07, 6.45) is 4.80. The third kappa shape index (κ3) is 5.73. The zero-order valence-electron chi connectivity index (χ0n) is 12.3. The van der Waals surface area contributed by atoms with E-state index in [-0.39, 0.29) is 16.9 Å². The highest BCUT2D eigenvalue weighted by molar-refractivity contribution is 7.90. The normalized spacial score (nSPS) is 11.3. The van der Waals surface area contributed by atoms with Crippen LogP contribution in [0.2, 0.25) is 0 Å². The number of aromatic nitrogens is 2. The van der Waals surface area contributed by atoms with Crippen molar-refractivity contribution in [1.29, 1.82) is 0 Å². The van der Waals surface area contributed by atoms with E-state index in [0.717, 1.165) is 31.9 Å². The van der Waals surface area contributed by atoms with Gasteiger partial charge in [-0.15, -0.1) is 0 Å². The molecule has 0 radical (unpaired) electrons. The summed E-state index contributed by atoms with van der Waals surface area (Å²) in [5.74, 6) is 0.473. The molecule has 1 rings (SSSR count). The lowest BCUT2D eigenvalue weighted by Gasteiger charge is -2.09. The molecular weight excluding hydrogens is 280 g/mol. The predicted octanol–water partition coefficient (Wildman–Crippen LogP) is 2.24. The number of ether oxygens (including phenoxy) is 2. The fourth-order valence-electron chi connectivity index (χ4n) is 1.34. The van der Waals surface area contributed by atoms with Crippen LogP contribution >= 0.6 is 0 Å². The molecule has 0 saturated heterocycles. The Morgan fingerprint density at radius 2 is 1.45 bits per heavy atom. The molecule has 7 heteroatoms. The second kappa shape index (κ2) is 8.04. The van der Waals surface area contributed by atoms with Crippen molar-refractivity contribution in [3.05, 3.63) is 6.07 Å². The minimum atomic E-state index is -3.49. The molecule has 1 heterocycles. The molecule has 1 aromatic heterocycles. The van der Waals surface area contributed by atoms with E-state index in [2.05, 4.69) is 9.97 Å². The lowest BCUT2D eigenvalue weighted by Crippen LogP contribution is -2.09. The van der Waals surface area contributed by atoms with Gasteiger partial charge in [0.15, 0.2) is 0 Å². The Kier molecular flexibility index (Phi) is 6.70. The van der Waals surface area contributed by atoms with Crippen LogP contribution in [0.3, 0.4) is 0 Å². The van der Waals surface area contributed by atoms with Crippen LogP contribution in [0.25, 0.3) is 0 Å². The van der Waals surface area contributed by atoms with Crippen molar-refractivity contribution < 1.29 is 17.9 Å². The predicted molar refractivity (Wildman–Crippen MR) is 75.9 cm³/mol. The summed E-state index contributed by atoms with van der Waals surface area (Å²) in [5.41, 5.74) is 0. The first-order valence-electron chi connectivity index (χ1n) is 6.82. The van der Waals surface area contributed by atoms with E-state index in [1.807, 2.05) is 13.8 Å². The van der Waals surface area contributed by atoms with Crippen molar-refractivity contribution in [2.75, 3.05) is 19.5 Å². The summed E-state index contributed by atoms with van der Waals surface area (Å²) < 4.78 is 34.0. The van der Waals surface area contributed by atoms with Gasteiger partial charge in [-0.3, -0.25) is 0 Å². The fraction of sp³-hybridized carbons (Fsp3) is 0.692. The lowest BCUT2D eigenvalue weighted by atomic mass is 10.4. The summed E-state index contributed by atoms with van der Waals surface area (Å²) in [4.78, 5) is 7.81. The number of hydrogen-bond donors (Lipinski definition) is 0. The van der Waals surface area contributed by atoms with E-state index in [9.17, 15) is 8.42 Å². The molecule has 0 aliphatic rings. The molecule has 1 aromatic rings. The molecule has 0 saturated carbocycles. The van der Waals surface area contributed by atoms with E-state index in [0.29, 0.717) is 13.2 Å². The summed E-state index contributed by atoms with van der Waals surface area (Å²) in [7, 11) is -3.49. The Balaban J connectivity index is 2.89. The van der Waals surface area contributed by atoms with E-state index >= 15 is 0 Å². The Hall–Kier alpha value is -1.37. The van der Waals surface area contributed by atoms with Gasteiger partial charge in [-0.05, 0) is 12.8 Å². The SMILES string of the molecule is CCCCOc1cc(OCCCC)nc(S(C)(=O)=O)n1. The smallest absolute Gasteiger partial charge is 0.253 e. The molecule has 0 bridgehead atoms. The van der Waals surface area contributed by atoms with Gasteiger partial charge in [0, 0.05) is 6.26 Å². The van der Waals surface area contributed by atoms with Crippen molar-refractivity contribution in [1.82, 2.24) is 9.97 Å². The van der Waals surface area contributed by atoms with Gasteiger partial charge >= 0.3 is 0 Å². The fourth-order valence-corrected chi connectivity index (χ4v) is 1.85. The van der Waals surface area contributed by atoms with Crippen LogP contribution in [0, 0.1) is 0 Å². The maximum Gasteiger partial charge on any atom is 0.253 e. The first kappa shape index (κ1) is 16.7. The molecule has 6 nitrogen and oxygen atoms in total. The lowest BCUT2D eigenvalue weighted by molar-refractivity contribution is 0.273. The minimum absolute atomic E-state index is 0.236. The molecule has 20 heavy (non-hydrogen) atoms. The molecule has 0 amide bonds. The van der Waals surface area contributed by atoms with Crippen LogP contribution in [0.4, 0.5) is 0 Å². The molecule has 0 atom stereocenters. The number of hydrogen-bond acceptors (Lipinski definition) is 6. The van der Waals surface area contributed by atoms with Gasteiger partial charge in [0.1, 0.15) is 0 Å². The van der Waals surface area contributed by atoms with Crippen LogP contribution in [-0.2, 0) is 9.84 Å². The molecule has 0 aliphatic heterocycles. The van der Waals surface area contributed by atoms with Gasteiger partial charge < -0.3 is 9.47 Å². The van der Waals surface area contributed by atoms with Crippen molar-refractivity contribution in [2.45, 2.75) is 44.7 Å². The highest BCUT2D eigenvalue weighted by Crippen LogP contribution is 2.18. The zero-order chi connectivity index (χ0) is 15.0. The molecule has 114 valence electrons. The largest absolute Gasteiger partial charge is 0.477 e. The van der Waals surface area contributed by atoms with Crippen molar-refractivity contribution in [2.24, 2.45) is 0 Å². The van der Waals surface area contributed by atoms with Gasteiger partial charge in [0.25, 0.3) is 5.16 Å². The molecule has 0 aliphatic carbocycles. The third-order valence-electron chi connectivity index (χ3n) is 2.49. The maximum atomic E-state index is 11.6. The highest BCUT2D eigenvalue weighted by Gasteiger charge is 2.15. The second-order valence-corrected chi connectivity index (χ2v) is 6.41. The topological polar surface area (TPSA) is 78.4 Å². The Labute approximate surface area is 120 Å². The molecular formula is C13H22N2O4S. The number of sulfone groups is 1. The van der Waals surface area contributed by atoms with Gasteiger partial charge in [0.05, 0.1) is 19.3 Å². The zero-order valence-corrected chi connectivity index (χ0v) is 13.1. The van der Waals surface area contributed by atoms with E-state index in [1.165, 1.54) is 6.07 Å².